The molecule has 3 nitrogen and oxygen atoms in total. The van der Waals surface area contributed by atoms with Gasteiger partial charge in [0.05, 0.1) is 5.69 Å². The van der Waals surface area contributed by atoms with Gasteiger partial charge in [-0.25, -0.2) is 9.97 Å². The third-order valence-corrected chi connectivity index (χ3v) is 4.81. The van der Waals surface area contributed by atoms with Crippen LogP contribution in [0, 0.1) is 0 Å². The number of nitrogens with zero attached hydrogens (tertiary/aromatic N) is 2. The molecule has 118 valence electrons. The first-order valence-electron chi connectivity index (χ1n) is 7.24. The molecule has 0 aliphatic carbocycles. The van der Waals surface area contributed by atoms with Gasteiger partial charge in [-0.15, -0.1) is 11.3 Å². The number of rotatable bonds is 6. The van der Waals surface area contributed by atoms with E-state index in [1.807, 2.05) is 24.3 Å². The van der Waals surface area contributed by atoms with Crippen molar-refractivity contribution >= 4 is 40.5 Å². The lowest BCUT2D eigenvalue weighted by Crippen LogP contribution is -2.09. The van der Waals surface area contributed by atoms with E-state index in [1.54, 1.807) is 17.4 Å². The first kappa shape index (κ1) is 16.2. The summed E-state index contributed by atoms with van der Waals surface area (Å²) in [6.45, 7) is 0.770. The highest BCUT2D eigenvalue weighted by atomic mass is 35.5. The SMILES string of the molecule is Clc1cc(Cc2ccccc2Cl)nc(NCCc2cccs2)n1. The lowest BCUT2D eigenvalue weighted by atomic mass is 10.1. The summed E-state index contributed by atoms with van der Waals surface area (Å²) in [5, 5.41) is 6.47. The third-order valence-electron chi connectivity index (χ3n) is 3.31. The van der Waals surface area contributed by atoms with Crippen molar-refractivity contribution < 1.29 is 0 Å². The summed E-state index contributed by atoms with van der Waals surface area (Å²) in [5.74, 6) is 0.552. The molecule has 1 N–H and O–H groups in total. The Hall–Kier alpha value is -1.62. The summed E-state index contributed by atoms with van der Waals surface area (Å²) in [7, 11) is 0. The minimum Gasteiger partial charge on any atom is -0.354 e. The summed E-state index contributed by atoms with van der Waals surface area (Å²) < 4.78 is 0. The molecule has 0 saturated heterocycles. The molecule has 0 bridgehead atoms. The van der Waals surface area contributed by atoms with Crippen LogP contribution in [0.15, 0.2) is 47.8 Å². The Morgan fingerprint density at radius 1 is 1.04 bits per heavy atom. The number of nitrogens with one attached hydrogen (secondary N) is 1. The number of halogens is 2. The van der Waals surface area contributed by atoms with E-state index in [-0.39, 0.29) is 0 Å². The van der Waals surface area contributed by atoms with Crippen molar-refractivity contribution in [2.24, 2.45) is 0 Å². The maximum absolute atomic E-state index is 6.20. The molecule has 2 heterocycles. The van der Waals surface area contributed by atoms with Crippen LogP contribution in [-0.4, -0.2) is 16.5 Å². The summed E-state index contributed by atoms with van der Waals surface area (Å²) >= 11 is 14.1. The number of aromatic nitrogens is 2. The Balaban J connectivity index is 1.67. The maximum atomic E-state index is 6.20. The topological polar surface area (TPSA) is 37.8 Å². The minimum atomic E-state index is 0.431. The molecule has 0 spiro atoms. The molecule has 0 amide bonds. The van der Waals surface area contributed by atoms with Crippen molar-refractivity contribution in [1.29, 1.82) is 0 Å². The second-order valence-corrected chi connectivity index (χ2v) is 6.86. The fraction of sp³-hybridized carbons (Fsp3) is 0.176. The monoisotopic (exact) mass is 363 g/mol. The molecule has 23 heavy (non-hydrogen) atoms. The van der Waals surface area contributed by atoms with Gasteiger partial charge in [-0.3, -0.25) is 0 Å². The number of thiophene rings is 1. The first-order valence-corrected chi connectivity index (χ1v) is 8.87. The van der Waals surface area contributed by atoms with Crippen LogP contribution in [-0.2, 0) is 12.8 Å². The van der Waals surface area contributed by atoms with Crippen LogP contribution in [0.2, 0.25) is 10.2 Å². The van der Waals surface area contributed by atoms with Crippen molar-refractivity contribution in [1.82, 2.24) is 9.97 Å². The molecule has 0 fully saturated rings. The molecular formula is C17H15Cl2N3S. The number of hydrogen-bond donors (Lipinski definition) is 1. The number of anilines is 1. The van der Waals surface area contributed by atoms with Crippen LogP contribution >= 0.6 is 34.5 Å². The normalized spacial score (nSPS) is 10.7. The quantitative estimate of drug-likeness (QED) is 0.619. The third kappa shape index (κ3) is 4.67. The van der Waals surface area contributed by atoms with E-state index in [0.29, 0.717) is 17.5 Å². The Morgan fingerprint density at radius 2 is 1.91 bits per heavy atom. The Morgan fingerprint density at radius 3 is 2.70 bits per heavy atom. The van der Waals surface area contributed by atoms with Crippen LogP contribution < -0.4 is 5.32 Å². The smallest absolute Gasteiger partial charge is 0.224 e. The summed E-state index contributed by atoms with van der Waals surface area (Å²) in [4.78, 5) is 10.1. The van der Waals surface area contributed by atoms with Gasteiger partial charge < -0.3 is 5.32 Å². The molecule has 0 unspecified atom stereocenters. The highest BCUT2D eigenvalue weighted by Gasteiger charge is 2.07. The van der Waals surface area contributed by atoms with Gasteiger partial charge in [-0.1, -0.05) is 47.5 Å². The van der Waals surface area contributed by atoms with Crippen LogP contribution in [0.1, 0.15) is 16.1 Å². The Bertz CT molecular complexity index is 775. The summed E-state index contributed by atoms with van der Waals surface area (Å²) in [5.41, 5.74) is 1.87. The number of benzene rings is 1. The summed E-state index contributed by atoms with van der Waals surface area (Å²) in [6.07, 6.45) is 1.56. The van der Waals surface area contributed by atoms with Crippen LogP contribution in [0.25, 0.3) is 0 Å². The largest absolute Gasteiger partial charge is 0.354 e. The number of hydrogen-bond acceptors (Lipinski definition) is 4. The zero-order valence-electron chi connectivity index (χ0n) is 12.3. The fourth-order valence-corrected chi connectivity index (χ4v) is 3.34. The van der Waals surface area contributed by atoms with Gasteiger partial charge >= 0.3 is 0 Å². The van der Waals surface area contributed by atoms with Crippen molar-refractivity contribution in [3.05, 3.63) is 74.2 Å². The van der Waals surface area contributed by atoms with Gasteiger partial charge in [-0.05, 0) is 35.6 Å². The van der Waals surface area contributed by atoms with E-state index >= 15 is 0 Å². The summed E-state index contributed by atoms with van der Waals surface area (Å²) in [6, 6.07) is 13.7. The Labute approximate surface area is 149 Å². The van der Waals surface area contributed by atoms with Crippen molar-refractivity contribution in [2.75, 3.05) is 11.9 Å². The predicted molar refractivity (Wildman–Crippen MR) is 97.8 cm³/mol. The van der Waals surface area contributed by atoms with E-state index in [4.69, 9.17) is 23.2 Å². The molecule has 0 radical (unpaired) electrons. The second-order valence-electron chi connectivity index (χ2n) is 5.03. The average Bonchev–Trinajstić information content (AvgIpc) is 3.02. The molecular weight excluding hydrogens is 349 g/mol. The van der Waals surface area contributed by atoms with Gasteiger partial charge in [0.1, 0.15) is 5.15 Å². The highest BCUT2D eigenvalue weighted by molar-refractivity contribution is 7.09. The van der Waals surface area contributed by atoms with E-state index < -0.39 is 0 Å². The maximum Gasteiger partial charge on any atom is 0.224 e. The van der Waals surface area contributed by atoms with E-state index in [2.05, 4.69) is 32.8 Å². The molecule has 0 atom stereocenters. The van der Waals surface area contributed by atoms with Crippen LogP contribution in [0.4, 0.5) is 5.95 Å². The van der Waals surface area contributed by atoms with Gasteiger partial charge in [0.25, 0.3) is 0 Å². The molecule has 6 heteroatoms. The minimum absolute atomic E-state index is 0.431. The van der Waals surface area contributed by atoms with Crippen LogP contribution in [0.3, 0.4) is 0 Å². The lowest BCUT2D eigenvalue weighted by Gasteiger charge is -2.08. The molecule has 0 aliphatic rings. The average molecular weight is 364 g/mol. The van der Waals surface area contributed by atoms with Crippen molar-refractivity contribution in [2.45, 2.75) is 12.8 Å². The van der Waals surface area contributed by atoms with Crippen molar-refractivity contribution in [3.63, 3.8) is 0 Å². The molecule has 2 aromatic heterocycles. The van der Waals surface area contributed by atoms with E-state index in [9.17, 15) is 0 Å². The van der Waals surface area contributed by atoms with Gasteiger partial charge in [0.15, 0.2) is 0 Å². The van der Waals surface area contributed by atoms with E-state index in [0.717, 1.165) is 29.2 Å². The van der Waals surface area contributed by atoms with Crippen molar-refractivity contribution in [3.8, 4) is 0 Å². The van der Waals surface area contributed by atoms with Gasteiger partial charge in [0, 0.05) is 22.9 Å². The van der Waals surface area contributed by atoms with Crippen LogP contribution in [0.5, 0.6) is 0 Å². The first-order chi connectivity index (χ1) is 11.2. The molecule has 3 rings (SSSR count). The standard InChI is InChI=1S/C17H15Cl2N3S/c18-15-6-2-1-4-12(15)10-13-11-16(19)22-17(21-13)20-8-7-14-5-3-9-23-14/h1-6,9,11H,7-8,10H2,(H,20,21,22). The molecule has 0 aliphatic heterocycles. The fourth-order valence-electron chi connectivity index (χ4n) is 2.22. The second kappa shape index (κ2) is 7.77. The van der Waals surface area contributed by atoms with Gasteiger partial charge in [-0.2, -0.15) is 0 Å². The molecule has 1 aromatic carbocycles. The lowest BCUT2D eigenvalue weighted by molar-refractivity contribution is 0.970. The Kier molecular flexibility index (Phi) is 5.49. The highest BCUT2D eigenvalue weighted by Crippen LogP contribution is 2.20. The van der Waals surface area contributed by atoms with Gasteiger partial charge in [0.2, 0.25) is 5.95 Å². The van der Waals surface area contributed by atoms with E-state index in [1.165, 1.54) is 4.88 Å². The zero-order chi connectivity index (χ0) is 16.1. The molecule has 3 aromatic rings. The predicted octanol–water partition coefficient (Wildman–Crippen LogP) is 5.09. The zero-order valence-corrected chi connectivity index (χ0v) is 14.6. The molecule has 0 saturated carbocycles.